The van der Waals surface area contributed by atoms with Gasteiger partial charge in [0.15, 0.2) is 0 Å². The molecule has 0 radical (unpaired) electrons. The molecule has 0 aromatic carbocycles. The van der Waals surface area contributed by atoms with Gasteiger partial charge < -0.3 is 10.2 Å². The van der Waals surface area contributed by atoms with E-state index in [1.807, 2.05) is 0 Å². The van der Waals surface area contributed by atoms with Crippen LogP contribution in [0.1, 0.15) is 13.8 Å². The first-order valence-electron chi connectivity index (χ1n) is 4.33. The summed E-state index contributed by atoms with van der Waals surface area (Å²) < 4.78 is 5.20. The second-order valence-electron chi connectivity index (χ2n) is 3.09. The van der Waals surface area contributed by atoms with Gasteiger partial charge >= 0.3 is 5.69 Å². The van der Waals surface area contributed by atoms with E-state index in [-0.39, 0.29) is 17.7 Å². The van der Waals surface area contributed by atoms with Crippen molar-refractivity contribution in [3.05, 3.63) is 22.2 Å². The average Bonchev–Trinajstić information content (AvgIpc) is 2.16. The molecule has 0 aliphatic rings. The van der Waals surface area contributed by atoms with E-state index >= 15 is 0 Å². The van der Waals surface area contributed by atoms with Gasteiger partial charge in [-0.2, -0.15) is 4.98 Å². The average molecular weight is 212 g/mol. The molecule has 3 N–H and O–H groups in total. The van der Waals surface area contributed by atoms with Crippen molar-refractivity contribution < 1.29 is 9.66 Å². The predicted molar refractivity (Wildman–Crippen MR) is 54.5 cm³/mol. The fourth-order valence-corrected chi connectivity index (χ4v) is 0.962. The summed E-state index contributed by atoms with van der Waals surface area (Å²) in [6.07, 6.45) is -0.191. The van der Waals surface area contributed by atoms with E-state index in [9.17, 15) is 10.1 Å². The molecule has 0 saturated carbocycles. The zero-order valence-electron chi connectivity index (χ0n) is 8.43. The van der Waals surface area contributed by atoms with E-state index in [2.05, 4.69) is 10.4 Å². The number of nitrogens with one attached hydrogen (secondary N) is 1. The summed E-state index contributed by atoms with van der Waals surface area (Å²) in [5.41, 5.74) is 2.11. The fourth-order valence-electron chi connectivity index (χ4n) is 0.962. The highest BCUT2D eigenvalue weighted by Crippen LogP contribution is 2.26. The maximum atomic E-state index is 10.6. The monoisotopic (exact) mass is 212 g/mol. The first-order valence-corrected chi connectivity index (χ1v) is 4.33. The highest BCUT2D eigenvalue weighted by Gasteiger charge is 2.18. The normalized spacial score (nSPS) is 10.1. The van der Waals surface area contributed by atoms with Gasteiger partial charge in [-0.05, 0) is 19.9 Å². The molecule has 1 aromatic rings. The van der Waals surface area contributed by atoms with Crippen molar-refractivity contribution in [2.45, 2.75) is 20.0 Å². The summed E-state index contributed by atoms with van der Waals surface area (Å²) in [6, 6.07) is 2.70. The lowest BCUT2D eigenvalue weighted by molar-refractivity contribution is -0.386. The zero-order chi connectivity index (χ0) is 11.4. The molecule has 0 fully saturated rings. The summed E-state index contributed by atoms with van der Waals surface area (Å²) in [5, 5.41) is 10.6. The Labute approximate surface area is 86.4 Å². The number of nitrogens with zero attached hydrogens (tertiary/aromatic N) is 2. The van der Waals surface area contributed by atoms with Crippen molar-refractivity contribution in [2.75, 3.05) is 5.43 Å². The van der Waals surface area contributed by atoms with Crippen LogP contribution in [0.3, 0.4) is 0 Å². The minimum Gasteiger partial charge on any atom is -0.470 e. The summed E-state index contributed by atoms with van der Waals surface area (Å²) in [4.78, 5) is 13.9. The molecule has 1 rings (SSSR count). The van der Waals surface area contributed by atoms with Crippen LogP contribution in [-0.2, 0) is 0 Å². The molecule has 1 heterocycles. The molecule has 82 valence electrons. The lowest BCUT2D eigenvalue weighted by Gasteiger charge is -2.09. The lowest BCUT2D eigenvalue weighted by Crippen LogP contribution is -2.12. The number of nitrogens with two attached hydrogens (primary N) is 1. The Morgan fingerprint density at radius 2 is 2.27 bits per heavy atom. The molecule has 0 amide bonds. The molecule has 0 aliphatic heterocycles. The van der Waals surface area contributed by atoms with Crippen LogP contribution in [0.4, 0.5) is 11.5 Å². The van der Waals surface area contributed by atoms with Crippen molar-refractivity contribution in [3.8, 4) is 5.88 Å². The van der Waals surface area contributed by atoms with Gasteiger partial charge in [0.2, 0.25) is 0 Å². The molecule has 0 saturated heterocycles. The minimum absolute atomic E-state index is 0.0366. The Kier molecular flexibility index (Phi) is 3.40. The van der Waals surface area contributed by atoms with Crippen LogP contribution >= 0.6 is 0 Å². The molecule has 7 nitrogen and oxygen atoms in total. The topological polar surface area (TPSA) is 103 Å². The van der Waals surface area contributed by atoms with E-state index in [1.165, 1.54) is 12.1 Å². The van der Waals surface area contributed by atoms with Crippen molar-refractivity contribution in [1.29, 1.82) is 0 Å². The molecule has 15 heavy (non-hydrogen) atoms. The molecular weight excluding hydrogens is 200 g/mol. The van der Waals surface area contributed by atoms with Crippen LogP contribution in [0.2, 0.25) is 0 Å². The van der Waals surface area contributed by atoms with Crippen molar-refractivity contribution in [2.24, 2.45) is 5.84 Å². The van der Waals surface area contributed by atoms with Crippen molar-refractivity contribution >= 4 is 11.5 Å². The Hall–Kier alpha value is -1.89. The third-order valence-electron chi connectivity index (χ3n) is 1.53. The SMILES string of the molecule is CC(C)Oc1nc(NN)ccc1[N+](=O)[O-]. The second-order valence-corrected chi connectivity index (χ2v) is 3.09. The number of nitrogen functional groups attached to an aromatic ring is 1. The number of hydrogen-bond donors (Lipinski definition) is 2. The van der Waals surface area contributed by atoms with Gasteiger partial charge in [0.25, 0.3) is 5.88 Å². The largest absolute Gasteiger partial charge is 0.470 e. The highest BCUT2D eigenvalue weighted by atomic mass is 16.6. The molecule has 0 atom stereocenters. The molecule has 1 aromatic heterocycles. The number of pyridine rings is 1. The van der Waals surface area contributed by atoms with Crippen LogP contribution in [0, 0.1) is 10.1 Å². The van der Waals surface area contributed by atoms with Crippen LogP contribution in [0.25, 0.3) is 0 Å². The molecule has 0 spiro atoms. The van der Waals surface area contributed by atoms with Gasteiger partial charge in [-0.15, -0.1) is 0 Å². The quantitative estimate of drug-likeness (QED) is 0.439. The molecular formula is C8H12N4O3. The number of nitro groups is 1. The first kappa shape index (κ1) is 11.2. The Balaban J connectivity index is 3.10. The third kappa shape index (κ3) is 2.78. The number of rotatable bonds is 4. The van der Waals surface area contributed by atoms with Crippen LogP contribution in [0.5, 0.6) is 5.88 Å². The minimum atomic E-state index is -0.551. The number of hydrogen-bond acceptors (Lipinski definition) is 6. The third-order valence-corrected chi connectivity index (χ3v) is 1.53. The predicted octanol–water partition coefficient (Wildman–Crippen LogP) is 1.06. The van der Waals surface area contributed by atoms with E-state index in [4.69, 9.17) is 10.6 Å². The van der Waals surface area contributed by atoms with Gasteiger partial charge in [0.1, 0.15) is 5.82 Å². The second kappa shape index (κ2) is 4.56. The summed E-state index contributed by atoms with van der Waals surface area (Å²) in [7, 11) is 0. The van der Waals surface area contributed by atoms with Crippen molar-refractivity contribution in [1.82, 2.24) is 4.98 Å². The number of hydrazine groups is 1. The number of aromatic nitrogens is 1. The molecule has 0 aliphatic carbocycles. The van der Waals surface area contributed by atoms with Gasteiger partial charge in [0, 0.05) is 6.07 Å². The van der Waals surface area contributed by atoms with E-state index in [1.54, 1.807) is 13.8 Å². The van der Waals surface area contributed by atoms with Gasteiger partial charge in [-0.1, -0.05) is 0 Å². The summed E-state index contributed by atoms with van der Waals surface area (Å²) >= 11 is 0. The maximum Gasteiger partial charge on any atom is 0.331 e. The van der Waals surface area contributed by atoms with Crippen LogP contribution < -0.4 is 16.0 Å². The summed E-state index contributed by atoms with van der Waals surface area (Å²) in [6.45, 7) is 3.52. The van der Waals surface area contributed by atoms with Crippen molar-refractivity contribution in [3.63, 3.8) is 0 Å². The Morgan fingerprint density at radius 1 is 1.60 bits per heavy atom. The van der Waals surface area contributed by atoms with Gasteiger partial charge in [-0.25, -0.2) is 5.84 Å². The highest BCUT2D eigenvalue weighted by molar-refractivity contribution is 5.48. The summed E-state index contributed by atoms with van der Waals surface area (Å²) in [5.74, 6) is 5.42. The Morgan fingerprint density at radius 3 is 2.73 bits per heavy atom. The fraction of sp³-hybridized carbons (Fsp3) is 0.375. The standard InChI is InChI=1S/C8H12N4O3/c1-5(2)15-8-6(12(13)14)3-4-7(10-8)11-9/h3-5H,9H2,1-2H3,(H,10,11). The maximum absolute atomic E-state index is 10.6. The van der Waals surface area contributed by atoms with E-state index in [0.29, 0.717) is 5.82 Å². The van der Waals surface area contributed by atoms with E-state index < -0.39 is 4.92 Å². The zero-order valence-corrected chi connectivity index (χ0v) is 8.43. The Bertz CT molecular complexity index is 367. The number of anilines is 1. The lowest BCUT2D eigenvalue weighted by atomic mass is 10.4. The molecule has 0 bridgehead atoms. The smallest absolute Gasteiger partial charge is 0.331 e. The van der Waals surface area contributed by atoms with Crippen LogP contribution in [-0.4, -0.2) is 16.0 Å². The van der Waals surface area contributed by atoms with E-state index in [0.717, 1.165) is 0 Å². The van der Waals surface area contributed by atoms with Gasteiger partial charge in [0.05, 0.1) is 11.0 Å². The molecule has 0 unspecified atom stereocenters. The first-order chi connectivity index (χ1) is 7.04. The van der Waals surface area contributed by atoms with Gasteiger partial charge in [-0.3, -0.25) is 10.1 Å². The van der Waals surface area contributed by atoms with Crippen LogP contribution in [0.15, 0.2) is 12.1 Å². The number of ether oxygens (including phenoxy) is 1. The molecule has 7 heteroatoms.